The highest BCUT2D eigenvalue weighted by Gasteiger charge is 2.42. The van der Waals surface area contributed by atoms with Crippen LogP contribution in [-0.4, -0.2) is 29.3 Å². The molecule has 0 saturated carbocycles. The fraction of sp³-hybridized carbons (Fsp3) is 0.250. The van der Waals surface area contributed by atoms with Gasteiger partial charge in [-0.2, -0.15) is 0 Å². The van der Waals surface area contributed by atoms with Crippen LogP contribution in [0.2, 0.25) is 0 Å². The molecular weight excluding hydrogens is 266 g/mol. The van der Waals surface area contributed by atoms with Gasteiger partial charge in [-0.1, -0.05) is 36.4 Å². The van der Waals surface area contributed by atoms with Gasteiger partial charge in [0.25, 0.3) is 0 Å². The van der Waals surface area contributed by atoms with E-state index >= 15 is 0 Å². The van der Waals surface area contributed by atoms with Crippen LogP contribution in [0.4, 0.5) is 5.82 Å². The quantitative estimate of drug-likeness (QED) is 0.829. The number of amides is 1. The Kier molecular flexibility index (Phi) is 4.35. The van der Waals surface area contributed by atoms with Gasteiger partial charge in [-0.05, 0) is 24.6 Å². The van der Waals surface area contributed by atoms with Crippen molar-refractivity contribution in [3.05, 3.63) is 60.3 Å². The minimum absolute atomic E-state index is 0.317. The molecule has 0 aliphatic heterocycles. The van der Waals surface area contributed by atoms with E-state index in [1.807, 2.05) is 18.2 Å². The van der Waals surface area contributed by atoms with Gasteiger partial charge in [0.1, 0.15) is 17.5 Å². The molecular formula is C16H19N3O2. The van der Waals surface area contributed by atoms with E-state index in [2.05, 4.69) is 4.98 Å². The van der Waals surface area contributed by atoms with E-state index < -0.39 is 11.6 Å². The van der Waals surface area contributed by atoms with Crippen molar-refractivity contribution in [2.75, 3.05) is 11.9 Å². The predicted octanol–water partition coefficient (Wildman–Crippen LogP) is 1.28. The molecule has 5 heteroatoms. The van der Waals surface area contributed by atoms with E-state index in [9.17, 15) is 9.90 Å². The fourth-order valence-electron chi connectivity index (χ4n) is 2.21. The summed E-state index contributed by atoms with van der Waals surface area (Å²) in [6, 6.07) is 14.3. The van der Waals surface area contributed by atoms with Crippen LogP contribution in [0.1, 0.15) is 12.5 Å². The Balaban J connectivity index is 2.42. The number of benzene rings is 1. The Hall–Kier alpha value is -2.24. The molecule has 1 aromatic carbocycles. The molecule has 3 N–H and O–H groups in total. The Bertz CT molecular complexity index is 601. The van der Waals surface area contributed by atoms with Crippen molar-refractivity contribution in [1.29, 1.82) is 0 Å². The van der Waals surface area contributed by atoms with Crippen LogP contribution in [0.3, 0.4) is 0 Å². The van der Waals surface area contributed by atoms with Gasteiger partial charge in [-0.15, -0.1) is 0 Å². The molecule has 0 saturated heterocycles. The smallest absolute Gasteiger partial charge is 0.242 e. The van der Waals surface area contributed by atoms with Crippen LogP contribution >= 0.6 is 0 Å². The summed E-state index contributed by atoms with van der Waals surface area (Å²) in [5.74, 6) is 0.188. The predicted molar refractivity (Wildman–Crippen MR) is 81.6 cm³/mol. The van der Waals surface area contributed by atoms with Crippen LogP contribution < -0.4 is 10.6 Å². The minimum atomic E-state index is -1.32. The van der Waals surface area contributed by atoms with Crippen molar-refractivity contribution >= 4 is 11.7 Å². The Morgan fingerprint density at radius 3 is 2.38 bits per heavy atom. The third kappa shape index (κ3) is 2.79. The molecule has 0 aliphatic carbocycles. The lowest BCUT2D eigenvalue weighted by Crippen LogP contribution is -2.54. The van der Waals surface area contributed by atoms with Gasteiger partial charge in [-0.25, -0.2) is 4.98 Å². The molecule has 0 unspecified atom stereocenters. The first-order valence-electron chi connectivity index (χ1n) is 6.66. The molecule has 1 aromatic heterocycles. The lowest BCUT2D eigenvalue weighted by atomic mass is 9.79. The summed E-state index contributed by atoms with van der Waals surface area (Å²) in [6.45, 7) is 1.63. The van der Waals surface area contributed by atoms with E-state index in [4.69, 9.17) is 5.73 Å². The number of likely N-dealkylation sites (N-methyl/N-ethyl adjacent to an activating group) is 1. The number of nitrogens with two attached hydrogens (primary N) is 1. The highest BCUT2D eigenvalue weighted by molar-refractivity contribution is 6.00. The van der Waals surface area contributed by atoms with Crippen LogP contribution in [0.25, 0.3) is 0 Å². The third-order valence-corrected chi connectivity index (χ3v) is 3.71. The first kappa shape index (κ1) is 15.2. The summed E-state index contributed by atoms with van der Waals surface area (Å²) in [7, 11) is 1.62. The summed E-state index contributed by atoms with van der Waals surface area (Å²) < 4.78 is 0. The largest absolute Gasteiger partial charge is 0.377 e. The first-order valence-corrected chi connectivity index (χ1v) is 6.66. The zero-order valence-corrected chi connectivity index (χ0v) is 12.1. The van der Waals surface area contributed by atoms with Crippen molar-refractivity contribution < 1.29 is 9.90 Å². The van der Waals surface area contributed by atoms with Gasteiger partial charge in [-0.3, -0.25) is 9.69 Å². The van der Waals surface area contributed by atoms with E-state index in [0.717, 1.165) is 0 Å². The molecule has 21 heavy (non-hydrogen) atoms. The molecule has 1 amide bonds. The molecule has 0 bridgehead atoms. The minimum Gasteiger partial charge on any atom is -0.377 e. The van der Waals surface area contributed by atoms with E-state index in [1.54, 1.807) is 50.5 Å². The highest BCUT2D eigenvalue weighted by atomic mass is 16.3. The number of aliphatic hydroxyl groups excluding tert-OH is 1. The number of carbonyl (C=O) groups excluding carboxylic acids is 1. The lowest BCUT2D eigenvalue weighted by Gasteiger charge is -2.34. The standard InChI is InChI=1S/C16H19N3O2/c1-16(14(17)20,12-8-4-3-5-9-12)15(21)19(2)13-10-6-7-11-18-13/h3-11,14,20H,17H2,1-2H3/t14-,16+/m0/s1. The molecule has 1 heterocycles. The zero-order valence-electron chi connectivity index (χ0n) is 12.1. The van der Waals surface area contributed by atoms with Crippen LogP contribution in [-0.2, 0) is 10.2 Å². The number of nitrogens with zero attached hydrogens (tertiary/aromatic N) is 2. The van der Waals surface area contributed by atoms with Gasteiger partial charge < -0.3 is 10.8 Å². The topological polar surface area (TPSA) is 79.5 Å². The Labute approximate surface area is 124 Å². The second kappa shape index (κ2) is 6.03. The molecule has 2 aromatic rings. The number of aromatic nitrogens is 1. The van der Waals surface area contributed by atoms with Crippen LogP contribution in [0.15, 0.2) is 54.7 Å². The van der Waals surface area contributed by atoms with Crippen molar-refractivity contribution in [1.82, 2.24) is 4.98 Å². The number of carbonyl (C=O) groups is 1. The molecule has 5 nitrogen and oxygen atoms in total. The number of anilines is 1. The SMILES string of the molecule is CN(C(=O)[C@](C)(c1ccccc1)[C@@H](N)O)c1ccccn1. The van der Waals surface area contributed by atoms with Gasteiger partial charge in [0.05, 0.1) is 0 Å². The molecule has 110 valence electrons. The van der Waals surface area contributed by atoms with Gasteiger partial charge in [0.15, 0.2) is 0 Å². The van der Waals surface area contributed by atoms with Crippen molar-refractivity contribution in [3.63, 3.8) is 0 Å². The number of hydrogen-bond donors (Lipinski definition) is 2. The van der Waals surface area contributed by atoms with E-state index in [1.165, 1.54) is 4.90 Å². The molecule has 0 fully saturated rings. The third-order valence-electron chi connectivity index (χ3n) is 3.71. The van der Waals surface area contributed by atoms with Crippen molar-refractivity contribution in [3.8, 4) is 0 Å². The van der Waals surface area contributed by atoms with Gasteiger partial charge in [0, 0.05) is 13.2 Å². The number of aliphatic hydroxyl groups is 1. The normalized spacial score (nSPS) is 15.0. The Morgan fingerprint density at radius 1 is 1.24 bits per heavy atom. The molecule has 2 rings (SSSR count). The highest BCUT2D eigenvalue weighted by Crippen LogP contribution is 2.29. The maximum Gasteiger partial charge on any atom is 0.242 e. The summed E-state index contributed by atoms with van der Waals surface area (Å²) in [5, 5.41) is 10.0. The Morgan fingerprint density at radius 2 is 1.86 bits per heavy atom. The summed E-state index contributed by atoms with van der Waals surface area (Å²) in [6.07, 6.45) is 0.288. The molecule has 2 atom stereocenters. The zero-order chi connectivity index (χ0) is 15.5. The molecule has 0 aliphatic rings. The van der Waals surface area contributed by atoms with Crippen LogP contribution in [0, 0.1) is 0 Å². The monoisotopic (exact) mass is 285 g/mol. The average molecular weight is 285 g/mol. The van der Waals surface area contributed by atoms with Gasteiger partial charge >= 0.3 is 0 Å². The number of rotatable bonds is 4. The number of pyridine rings is 1. The second-order valence-electron chi connectivity index (χ2n) is 5.07. The molecule has 0 radical (unpaired) electrons. The maximum atomic E-state index is 12.9. The number of hydrogen-bond acceptors (Lipinski definition) is 4. The summed E-state index contributed by atoms with van der Waals surface area (Å²) in [5.41, 5.74) is 5.12. The average Bonchev–Trinajstić information content (AvgIpc) is 2.54. The van der Waals surface area contributed by atoms with Crippen molar-refractivity contribution in [2.24, 2.45) is 5.73 Å². The summed E-state index contributed by atoms with van der Waals surface area (Å²) in [4.78, 5) is 18.4. The second-order valence-corrected chi connectivity index (χ2v) is 5.07. The van der Waals surface area contributed by atoms with Crippen molar-refractivity contribution in [2.45, 2.75) is 18.6 Å². The van der Waals surface area contributed by atoms with Gasteiger partial charge in [0.2, 0.25) is 5.91 Å². The first-order chi connectivity index (χ1) is 9.98. The van der Waals surface area contributed by atoms with E-state index in [-0.39, 0.29) is 5.91 Å². The maximum absolute atomic E-state index is 12.9. The van der Waals surface area contributed by atoms with Crippen LogP contribution in [0.5, 0.6) is 0 Å². The van der Waals surface area contributed by atoms with E-state index in [0.29, 0.717) is 11.4 Å². The lowest BCUT2D eigenvalue weighted by molar-refractivity contribution is -0.127. The summed E-state index contributed by atoms with van der Waals surface area (Å²) >= 11 is 0. The molecule has 0 spiro atoms. The fourth-order valence-corrected chi connectivity index (χ4v) is 2.21.